The molecule has 4 aliphatic rings. The van der Waals surface area contributed by atoms with Gasteiger partial charge in [0.25, 0.3) is 0 Å². The first-order valence-corrected chi connectivity index (χ1v) is 10.1. The van der Waals surface area contributed by atoms with Gasteiger partial charge in [0.1, 0.15) is 11.5 Å². The van der Waals surface area contributed by atoms with Crippen LogP contribution in [-0.4, -0.2) is 25.9 Å². The normalized spacial score (nSPS) is 23.9. The number of hydrogen-bond donors (Lipinski definition) is 1. The van der Waals surface area contributed by atoms with E-state index in [2.05, 4.69) is 36.4 Å². The standard InChI is InChI=1S/C25H26O3/c1-27-20-12-13-21(28-2)24-23(20)22-16-8-3-5-10-18(16)25(24,14-7-15-26)19-11-6-4-9-17(19)22/h3,5-6,8,10-13,22,26H,4,7,9,14-15H2,1-2H3. The van der Waals surface area contributed by atoms with Gasteiger partial charge in [0.2, 0.25) is 0 Å². The summed E-state index contributed by atoms with van der Waals surface area (Å²) in [6.07, 6.45) is 8.38. The highest BCUT2D eigenvalue weighted by molar-refractivity contribution is 5.76. The molecule has 2 aromatic carbocycles. The fraction of sp³-hybridized carbons (Fsp3) is 0.360. The van der Waals surface area contributed by atoms with Gasteiger partial charge in [-0.05, 0) is 54.5 Å². The van der Waals surface area contributed by atoms with Gasteiger partial charge in [-0.3, -0.25) is 0 Å². The Morgan fingerprint density at radius 1 is 1.07 bits per heavy atom. The Hall–Kier alpha value is -2.52. The molecule has 0 aromatic heterocycles. The molecule has 0 fully saturated rings. The van der Waals surface area contributed by atoms with Gasteiger partial charge in [0.15, 0.2) is 0 Å². The molecule has 1 N–H and O–H groups in total. The number of aliphatic hydroxyl groups is 1. The molecule has 6 rings (SSSR count). The first kappa shape index (κ1) is 17.6. The summed E-state index contributed by atoms with van der Waals surface area (Å²) in [4.78, 5) is 0. The predicted octanol–water partition coefficient (Wildman–Crippen LogP) is 4.87. The topological polar surface area (TPSA) is 38.7 Å². The zero-order valence-electron chi connectivity index (χ0n) is 16.5. The molecule has 3 nitrogen and oxygen atoms in total. The summed E-state index contributed by atoms with van der Waals surface area (Å²) in [6, 6.07) is 12.9. The van der Waals surface area contributed by atoms with Crippen molar-refractivity contribution in [2.75, 3.05) is 20.8 Å². The Morgan fingerprint density at radius 2 is 1.86 bits per heavy atom. The van der Waals surface area contributed by atoms with Crippen molar-refractivity contribution in [2.45, 2.75) is 37.0 Å². The minimum absolute atomic E-state index is 0.182. The molecule has 0 saturated carbocycles. The van der Waals surface area contributed by atoms with Crippen LogP contribution in [0.2, 0.25) is 0 Å². The molecule has 144 valence electrons. The van der Waals surface area contributed by atoms with Crippen molar-refractivity contribution in [1.29, 1.82) is 0 Å². The number of allylic oxidation sites excluding steroid dienone is 4. The Balaban J connectivity index is 1.93. The van der Waals surface area contributed by atoms with Crippen LogP contribution in [0.5, 0.6) is 11.5 Å². The highest BCUT2D eigenvalue weighted by atomic mass is 16.5. The van der Waals surface area contributed by atoms with Gasteiger partial charge in [0, 0.05) is 29.1 Å². The highest BCUT2D eigenvalue weighted by Crippen LogP contribution is 2.65. The molecule has 3 heteroatoms. The van der Waals surface area contributed by atoms with E-state index in [1.165, 1.54) is 33.4 Å². The summed E-state index contributed by atoms with van der Waals surface area (Å²) in [5, 5.41) is 9.75. The third-order valence-electron chi connectivity index (χ3n) is 6.78. The molecule has 0 aliphatic heterocycles. The SMILES string of the molecule is COc1ccc(OC)c2c1C1C3=C(C=CCC3)C2(CCCO)c2ccccc21. The van der Waals surface area contributed by atoms with Crippen molar-refractivity contribution in [3.05, 3.63) is 82.0 Å². The van der Waals surface area contributed by atoms with Crippen LogP contribution in [0.25, 0.3) is 0 Å². The number of benzene rings is 2. The van der Waals surface area contributed by atoms with Gasteiger partial charge in [-0.15, -0.1) is 0 Å². The van der Waals surface area contributed by atoms with Crippen LogP contribution in [0.1, 0.15) is 53.9 Å². The van der Waals surface area contributed by atoms with Crippen LogP contribution >= 0.6 is 0 Å². The van der Waals surface area contributed by atoms with Crippen LogP contribution < -0.4 is 9.47 Å². The van der Waals surface area contributed by atoms with Gasteiger partial charge in [-0.1, -0.05) is 42.0 Å². The summed E-state index contributed by atoms with van der Waals surface area (Å²) in [6.45, 7) is 0.182. The summed E-state index contributed by atoms with van der Waals surface area (Å²) in [5.74, 6) is 2.07. The summed E-state index contributed by atoms with van der Waals surface area (Å²) >= 11 is 0. The molecule has 2 bridgehead atoms. The van der Waals surface area contributed by atoms with E-state index in [0.717, 1.165) is 37.2 Å². The fourth-order valence-corrected chi connectivity index (χ4v) is 5.86. The van der Waals surface area contributed by atoms with E-state index in [0.29, 0.717) is 0 Å². The highest BCUT2D eigenvalue weighted by Gasteiger charge is 2.54. The maximum atomic E-state index is 9.75. The molecule has 0 spiro atoms. The molecule has 2 unspecified atom stereocenters. The Kier molecular flexibility index (Phi) is 4.09. The number of rotatable bonds is 5. The van der Waals surface area contributed by atoms with E-state index in [4.69, 9.17) is 9.47 Å². The zero-order valence-corrected chi connectivity index (χ0v) is 16.5. The molecule has 0 radical (unpaired) electrons. The van der Waals surface area contributed by atoms with E-state index in [9.17, 15) is 5.11 Å². The summed E-state index contributed by atoms with van der Waals surface area (Å²) in [5.41, 5.74) is 7.86. The second kappa shape index (κ2) is 6.52. The Labute approximate surface area is 166 Å². The largest absolute Gasteiger partial charge is 0.496 e. The van der Waals surface area contributed by atoms with E-state index in [-0.39, 0.29) is 17.9 Å². The Bertz CT molecular complexity index is 1000. The first-order valence-electron chi connectivity index (χ1n) is 10.1. The van der Waals surface area contributed by atoms with Gasteiger partial charge in [-0.25, -0.2) is 0 Å². The molecule has 28 heavy (non-hydrogen) atoms. The van der Waals surface area contributed by atoms with E-state index < -0.39 is 0 Å². The van der Waals surface area contributed by atoms with Crippen molar-refractivity contribution in [3.63, 3.8) is 0 Å². The van der Waals surface area contributed by atoms with Crippen molar-refractivity contribution in [2.24, 2.45) is 0 Å². The third-order valence-corrected chi connectivity index (χ3v) is 6.78. The quantitative estimate of drug-likeness (QED) is 0.812. The number of hydrogen-bond acceptors (Lipinski definition) is 3. The smallest absolute Gasteiger partial charge is 0.123 e. The average molecular weight is 374 g/mol. The predicted molar refractivity (Wildman–Crippen MR) is 110 cm³/mol. The Morgan fingerprint density at radius 3 is 2.64 bits per heavy atom. The minimum atomic E-state index is -0.296. The summed E-state index contributed by atoms with van der Waals surface area (Å²) < 4.78 is 11.8. The molecule has 2 atom stereocenters. The minimum Gasteiger partial charge on any atom is -0.496 e. The monoisotopic (exact) mass is 374 g/mol. The lowest BCUT2D eigenvalue weighted by Gasteiger charge is -2.53. The first-order chi connectivity index (χ1) is 13.8. The van der Waals surface area contributed by atoms with Gasteiger partial charge < -0.3 is 14.6 Å². The lowest BCUT2D eigenvalue weighted by atomic mass is 9.50. The molecule has 2 aromatic rings. The van der Waals surface area contributed by atoms with Crippen molar-refractivity contribution >= 4 is 0 Å². The fourth-order valence-electron chi connectivity index (χ4n) is 5.86. The van der Waals surface area contributed by atoms with Crippen LogP contribution in [0, 0.1) is 0 Å². The van der Waals surface area contributed by atoms with Gasteiger partial charge in [-0.2, -0.15) is 0 Å². The average Bonchev–Trinajstić information content (AvgIpc) is 2.76. The van der Waals surface area contributed by atoms with Crippen LogP contribution in [0.15, 0.2) is 59.7 Å². The van der Waals surface area contributed by atoms with Crippen LogP contribution in [0.4, 0.5) is 0 Å². The lowest BCUT2D eigenvalue weighted by molar-refractivity contribution is 0.270. The third kappa shape index (κ3) is 2.08. The van der Waals surface area contributed by atoms with Crippen molar-refractivity contribution in [1.82, 2.24) is 0 Å². The maximum absolute atomic E-state index is 9.75. The van der Waals surface area contributed by atoms with E-state index >= 15 is 0 Å². The number of ether oxygens (including phenoxy) is 2. The van der Waals surface area contributed by atoms with Crippen molar-refractivity contribution < 1.29 is 14.6 Å². The molecular weight excluding hydrogens is 348 g/mol. The van der Waals surface area contributed by atoms with Crippen molar-refractivity contribution in [3.8, 4) is 11.5 Å². The van der Waals surface area contributed by atoms with Crippen LogP contribution in [0.3, 0.4) is 0 Å². The maximum Gasteiger partial charge on any atom is 0.123 e. The molecular formula is C25H26O3. The summed E-state index contributed by atoms with van der Waals surface area (Å²) in [7, 11) is 3.51. The van der Waals surface area contributed by atoms with E-state index in [1.54, 1.807) is 14.2 Å². The second-order valence-corrected chi connectivity index (χ2v) is 7.89. The zero-order chi connectivity index (χ0) is 19.3. The molecule has 0 heterocycles. The second-order valence-electron chi connectivity index (χ2n) is 7.89. The van der Waals surface area contributed by atoms with Crippen LogP contribution in [-0.2, 0) is 5.41 Å². The van der Waals surface area contributed by atoms with Gasteiger partial charge >= 0.3 is 0 Å². The lowest BCUT2D eigenvalue weighted by Crippen LogP contribution is -2.43. The molecule has 0 amide bonds. The number of methoxy groups -OCH3 is 2. The molecule has 0 saturated heterocycles. The van der Waals surface area contributed by atoms with E-state index in [1.807, 2.05) is 12.1 Å². The van der Waals surface area contributed by atoms with Gasteiger partial charge in [0.05, 0.1) is 14.2 Å². The number of aliphatic hydroxyl groups excluding tert-OH is 1. The molecule has 4 aliphatic carbocycles.